The highest BCUT2D eigenvalue weighted by atomic mass is 19.4. The van der Waals surface area contributed by atoms with Crippen molar-refractivity contribution < 1.29 is 17.9 Å². The van der Waals surface area contributed by atoms with Crippen molar-refractivity contribution in [2.75, 3.05) is 39.4 Å². The number of nitrogens with zero attached hydrogens (tertiary/aromatic N) is 1. The summed E-state index contributed by atoms with van der Waals surface area (Å²) >= 11 is 0. The van der Waals surface area contributed by atoms with Crippen LogP contribution in [0.25, 0.3) is 0 Å². The van der Waals surface area contributed by atoms with Crippen LogP contribution in [0.2, 0.25) is 0 Å². The summed E-state index contributed by atoms with van der Waals surface area (Å²) in [5, 5.41) is 3.56. The van der Waals surface area contributed by atoms with E-state index in [4.69, 9.17) is 0 Å². The lowest BCUT2D eigenvalue weighted by Gasteiger charge is -2.41. The lowest BCUT2D eigenvalue weighted by molar-refractivity contribution is -0.174. The summed E-state index contributed by atoms with van der Waals surface area (Å²) in [5.74, 6) is 0.721. The Hall–Kier alpha value is -0.330. The van der Waals surface area contributed by atoms with Crippen LogP contribution in [0.15, 0.2) is 0 Å². The molecule has 1 N–H and O–H groups in total. The summed E-state index contributed by atoms with van der Waals surface area (Å²) in [4.78, 5) is 2.37. The molecule has 3 nitrogen and oxygen atoms in total. The molecule has 2 rings (SSSR count). The number of fused-ring (bicyclic) bond motifs is 1. The van der Waals surface area contributed by atoms with E-state index in [0.717, 1.165) is 38.5 Å². The second kappa shape index (κ2) is 6.90. The molecule has 6 heteroatoms. The van der Waals surface area contributed by atoms with E-state index >= 15 is 0 Å². The molecule has 0 saturated carbocycles. The number of hydrogen-bond acceptors (Lipinski definition) is 3. The van der Waals surface area contributed by atoms with Crippen LogP contribution in [0.4, 0.5) is 13.2 Å². The van der Waals surface area contributed by atoms with E-state index in [1.54, 1.807) is 0 Å². The maximum absolute atomic E-state index is 11.9. The number of likely N-dealkylation sites (tertiary alicyclic amines) is 1. The normalized spacial score (nSPS) is 29.2. The summed E-state index contributed by atoms with van der Waals surface area (Å²) in [5.41, 5.74) is 0. The Bertz CT molecular complexity index is 273. The minimum absolute atomic E-state index is 0.197. The third-order valence-electron chi connectivity index (χ3n) is 4.01. The van der Waals surface area contributed by atoms with Gasteiger partial charge in [-0.2, -0.15) is 13.2 Å². The van der Waals surface area contributed by atoms with Gasteiger partial charge in [-0.1, -0.05) is 0 Å². The summed E-state index contributed by atoms with van der Waals surface area (Å²) < 4.78 is 40.3. The zero-order valence-electron chi connectivity index (χ0n) is 11.2. The van der Waals surface area contributed by atoms with E-state index in [1.807, 2.05) is 0 Å². The third kappa shape index (κ3) is 5.28. The van der Waals surface area contributed by atoms with E-state index in [1.165, 1.54) is 12.8 Å². The topological polar surface area (TPSA) is 24.5 Å². The Labute approximate surface area is 112 Å². The zero-order chi connectivity index (χ0) is 13.7. The van der Waals surface area contributed by atoms with Crippen LogP contribution >= 0.6 is 0 Å². The van der Waals surface area contributed by atoms with Crippen molar-refractivity contribution in [3.8, 4) is 0 Å². The molecule has 2 aliphatic rings. The van der Waals surface area contributed by atoms with E-state index in [-0.39, 0.29) is 6.61 Å². The van der Waals surface area contributed by atoms with Gasteiger partial charge in [-0.3, -0.25) is 0 Å². The maximum atomic E-state index is 11.9. The first-order chi connectivity index (χ1) is 9.04. The highest BCUT2D eigenvalue weighted by molar-refractivity contribution is 4.88. The van der Waals surface area contributed by atoms with Gasteiger partial charge in [0.2, 0.25) is 0 Å². The van der Waals surface area contributed by atoms with Gasteiger partial charge in [0, 0.05) is 25.7 Å². The number of nitrogens with one attached hydrogen (secondary N) is 1. The predicted octanol–water partition coefficient (Wildman–Crippen LogP) is 2.03. The molecule has 2 atom stereocenters. The van der Waals surface area contributed by atoms with Crippen molar-refractivity contribution >= 4 is 0 Å². The quantitative estimate of drug-likeness (QED) is 0.780. The maximum Gasteiger partial charge on any atom is 0.411 e. The van der Waals surface area contributed by atoms with E-state index < -0.39 is 12.8 Å². The van der Waals surface area contributed by atoms with Gasteiger partial charge >= 0.3 is 6.18 Å². The Balaban J connectivity index is 1.57. The fourth-order valence-electron chi connectivity index (χ4n) is 3.10. The number of piperidine rings is 2. The summed E-state index contributed by atoms with van der Waals surface area (Å²) in [6.45, 7) is 3.18. The zero-order valence-corrected chi connectivity index (χ0v) is 11.2. The Morgan fingerprint density at radius 2 is 2.11 bits per heavy atom. The number of ether oxygens (including phenoxy) is 1. The molecule has 19 heavy (non-hydrogen) atoms. The first-order valence-corrected chi connectivity index (χ1v) is 7.15. The molecular formula is C13H23F3N2O. The van der Waals surface area contributed by atoms with Crippen LogP contribution in [0.3, 0.4) is 0 Å². The van der Waals surface area contributed by atoms with Gasteiger partial charge in [-0.25, -0.2) is 0 Å². The third-order valence-corrected chi connectivity index (χ3v) is 4.01. The van der Waals surface area contributed by atoms with E-state index in [9.17, 15) is 13.2 Å². The van der Waals surface area contributed by atoms with Gasteiger partial charge in [0.25, 0.3) is 0 Å². The van der Waals surface area contributed by atoms with E-state index in [2.05, 4.69) is 15.0 Å². The molecule has 0 amide bonds. The van der Waals surface area contributed by atoms with Gasteiger partial charge in [0.05, 0.1) is 0 Å². The lowest BCUT2D eigenvalue weighted by Crippen LogP contribution is -2.52. The smallest absolute Gasteiger partial charge is 0.372 e. The van der Waals surface area contributed by atoms with Crippen LogP contribution in [0.5, 0.6) is 0 Å². The first kappa shape index (κ1) is 15.1. The molecule has 0 aliphatic carbocycles. The molecule has 2 saturated heterocycles. The Kier molecular flexibility index (Phi) is 5.47. The summed E-state index contributed by atoms with van der Waals surface area (Å²) in [6, 6.07) is 0.659. The fourth-order valence-corrected chi connectivity index (χ4v) is 3.10. The second-order valence-electron chi connectivity index (χ2n) is 5.57. The summed E-state index contributed by atoms with van der Waals surface area (Å²) in [6.07, 6.45) is 0.156. The minimum atomic E-state index is -4.20. The Morgan fingerprint density at radius 1 is 1.26 bits per heavy atom. The van der Waals surface area contributed by atoms with Crippen LogP contribution in [0, 0.1) is 5.92 Å². The molecule has 0 radical (unpaired) electrons. The summed E-state index contributed by atoms with van der Waals surface area (Å²) in [7, 11) is 0. The van der Waals surface area contributed by atoms with Crippen molar-refractivity contribution in [2.24, 2.45) is 5.92 Å². The van der Waals surface area contributed by atoms with Crippen LogP contribution < -0.4 is 5.32 Å². The average Bonchev–Trinajstić information content (AvgIpc) is 2.37. The molecule has 0 spiro atoms. The minimum Gasteiger partial charge on any atom is -0.372 e. The number of alkyl halides is 3. The van der Waals surface area contributed by atoms with Crippen LogP contribution in [0.1, 0.15) is 25.7 Å². The second-order valence-corrected chi connectivity index (χ2v) is 5.57. The monoisotopic (exact) mass is 280 g/mol. The highest BCUT2D eigenvalue weighted by Crippen LogP contribution is 2.24. The molecule has 0 aromatic rings. The van der Waals surface area contributed by atoms with Gasteiger partial charge in [0.15, 0.2) is 0 Å². The predicted molar refractivity (Wildman–Crippen MR) is 67.1 cm³/mol. The van der Waals surface area contributed by atoms with Crippen molar-refractivity contribution in [3.63, 3.8) is 0 Å². The van der Waals surface area contributed by atoms with Crippen LogP contribution in [-0.4, -0.2) is 56.5 Å². The van der Waals surface area contributed by atoms with Gasteiger partial charge in [-0.15, -0.1) is 0 Å². The SMILES string of the molecule is FC(F)(F)COCCCN1CCC2NCCCC2C1. The molecule has 112 valence electrons. The van der Waals surface area contributed by atoms with Crippen molar-refractivity contribution in [1.82, 2.24) is 10.2 Å². The highest BCUT2D eigenvalue weighted by Gasteiger charge is 2.30. The molecule has 2 heterocycles. The van der Waals surface area contributed by atoms with Gasteiger partial charge in [-0.05, 0) is 44.7 Å². The Morgan fingerprint density at radius 3 is 2.89 bits per heavy atom. The molecule has 0 aromatic heterocycles. The van der Waals surface area contributed by atoms with Crippen LogP contribution in [-0.2, 0) is 4.74 Å². The largest absolute Gasteiger partial charge is 0.411 e. The number of halogens is 3. The van der Waals surface area contributed by atoms with Gasteiger partial charge < -0.3 is 15.0 Å². The van der Waals surface area contributed by atoms with Crippen molar-refractivity contribution in [2.45, 2.75) is 37.9 Å². The van der Waals surface area contributed by atoms with Gasteiger partial charge in [0.1, 0.15) is 6.61 Å². The van der Waals surface area contributed by atoms with Crippen molar-refractivity contribution in [3.05, 3.63) is 0 Å². The molecule has 0 aromatic carbocycles. The number of rotatable bonds is 5. The molecule has 2 aliphatic heterocycles. The molecule has 0 bridgehead atoms. The van der Waals surface area contributed by atoms with Crippen molar-refractivity contribution in [1.29, 1.82) is 0 Å². The standard InChI is InChI=1S/C13H23F3N2O/c14-13(15,16)10-19-8-2-6-18-7-4-12-11(9-18)3-1-5-17-12/h11-12,17H,1-10H2. The molecule has 2 fully saturated rings. The number of hydrogen-bond donors (Lipinski definition) is 1. The molecule has 2 unspecified atom stereocenters. The fraction of sp³-hybridized carbons (Fsp3) is 1.00. The first-order valence-electron chi connectivity index (χ1n) is 7.15. The lowest BCUT2D eigenvalue weighted by atomic mass is 9.85. The average molecular weight is 280 g/mol. The van der Waals surface area contributed by atoms with E-state index in [0.29, 0.717) is 12.5 Å². The molecular weight excluding hydrogens is 257 g/mol.